The number of non-ortho nitro benzene ring substituents is 1. The Morgan fingerprint density at radius 3 is 2.56 bits per heavy atom. The van der Waals surface area contributed by atoms with Gasteiger partial charge in [-0.25, -0.2) is 0 Å². The van der Waals surface area contributed by atoms with Crippen molar-refractivity contribution in [3.8, 4) is 5.75 Å². The Morgan fingerprint density at radius 2 is 1.93 bits per heavy atom. The Bertz CT molecular complexity index is 826. The minimum absolute atomic E-state index is 0.00277. The van der Waals surface area contributed by atoms with Gasteiger partial charge in [0.2, 0.25) is 11.8 Å². The largest absolute Gasteiger partial charge is 0.497 e. The van der Waals surface area contributed by atoms with E-state index < -0.39 is 4.92 Å². The number of ether oxygens (including phenoxy) is 1. The highest BCUT2D eigenvalue weighted by Crippen LogP contribution is 2.21. The second-order valence-corrected chi connectivity index (χ2v) is 6.62. The van der Waals surface area contributed by atoms with E-state index in [0.717, 1.165) is 4.90 Å². The molecule has 2 rings (SSSR count). The number of anilines is 1. The molecule has 27 heavy (non-hydrogen) atoms. The van der Waals surface area contributed by atoms with Crippen LogP contribution < -0.4 is 10.1 Å². The third-order valence-electron chi connectivity index (χ3n) is 3.57. The zero-order valence-electron chi connectivity index (χ0n) is 14.9. The average Bonchev–Trinajstić information content (AvgIpc) is 2.66. The number of rotatable bonds is 8. The second kappa shape index (κ2) is 9.58. The van der Waals surface area contributed by atoms with Crippen molar-refractivity contribution < 1.29 is 19.2 Å². The number of carbonyl (C=O) groups excluding carboxylic acids is 2. The van der Waals surface area contributed by atoms with Gasteiger partial charge in [0.05, 0.1) is 24.3 Å². The molecular formula is C18H19N3O5S. The number of hydrogen-bond donors (Lipinski definition) is 1. The number of nitrogens with one attached hydrogen (secondary N) is 1. The van der Waals surface area contributed by atoms with E-state index in [2.05, 4.69) is 5.32 Å². The number of amides is 2. The summed E-state index contributed by atoms with van der Waals surface area (Å²) in [6.45, 7) is -0.0864. The van der Waals surface area contributed by atoms with Gasteiger partial charge in [0.1, 0.15) is 5.75 Å². The molecule has 0 radical (unpaired) electrons. The topological polar surface area (TPSA) is 102 Å². The first-order chi connectivity index (χ1) is 12.9. The third kappa shape index (κ3) is 6.30. The fourth-order valence-corrected chi connectivity index (χ4v) is 2.96. The maximum atomic E-state index is 12.2. The first-order valence-corrected chi connectivity index (χ1v) is 8.92. The fraction of sp³-hybridized carbons (Fsp3) is 0.222. The van der Waals surface area contributed by atoms with E-state index in [1.165, 1.54) is 35.9 Å². The monoisotopic (exact) mass is 389 g/mol. The molecule has 0 aliphatic carbocycles. The van der Waals surface area contributed by atoms with Crippen molar-refractivity contribution in [2.45, 2.75) is 4.90 Å². The lowest BCUT2D eigenvalue weighted by atomic mass is 10.3. The first-order valence-electron chi connectivity index (χ1n) is 7.94. The lowest BCUT2D eigenvalue weighted by molar-refractivity contribution is -0.384. The zero-order valence-corrected chi connectivity index (χ0v) is 15.7. The summed E-state index contributed by atoms with van der Waals surface area (Å²) in [6.07, 6.45) is 0. The summed E-state index contributed by atoms with van der Waals surface area (Å²) >= 11 is 1.25. The van der Waals surface area contributed by atoms with E-state index in [0.29, 0.717) is 11.4 Å². The molecule has 0 atom stereocenters. The fourth-order valence-electron chi connectivity index (χ4n) is 2.12. The first kappa shape index (κ1) is 20.2. The smallest absolute Gasteiger partial charge is 0.269 e. The van der Waals surface area contributed by atoms with Crippen molar-refractivity contribution >= 4 is 35.0 Å². The predicted octanol–water partition coefficient (Wildman–Crippen LogP) is 2.79. The molecule has 0 aromatic heterocycles. The van der Waals surface area contributed by atoms with Crippen molar-refractivity contribution in [1.82, 2.24) is 4.90 Å². The SMILES string of the molecule is COc1cccc(NC(=O)CN(C)C(=O)CSc2ccc([N+](=O)[O-])cc2)c1. The minimum Gasteiger partial charge on any atom is -0.497 e. The van der Waals surface area contributed by atoms with Crippen LogP contribution in [0.5, 0.6) is 5.75 Å². The highest BCUT2D eigenvalue weighted by Gasteiger charge is 2.14. The number of nitro benzene ring substituents is 1. The second-order valence-electron chi connectivity index (χ2n) is 5.57. The van der Waals surface area contributed by atoms with Crippen LogP contribution in [0.4, 0.5) is 11.4 Å². The molecule has 2 aromatic rings. The maximum Gasteiger partial charge on any atom is 0.269 e. The van der Waals surface area contributed by atoms with Crippen LogP contribution in [0.3, 0.4) is 0 Å². The molecule has 0 fully saturated rings. The number of carbonyl (C=O) groups is 2. The Labute approximate surface area is 160 Å². The van der Waals surface area contributed by atoms with E-state index in [4.69, 9.17) is 4.74 Å². The Balaban J connectivity index is 1.81. The Kier molecular flexibility index (Phi) is 7.18. The van der Waals surface area contributed by atoms with Crippen LogP contribution in [0.25, 0.3) is 0 Å². The summed E-state index contributed by atoms with van der Waals surface area (Å²) in [5, 5.41) is 13.3. The maximum absolute atomic E-state index is 12.2. The number of thioether (sulfide) groups is 1. The Hall–Kier alpha value is -3.07. The molecule has 0 bridgehead atoms. The van der Waals surface area contributed by atoms with Gasteiger partial charge in [-0.2, -0.15) is 0 Å². The molecule has 2 amide bonds. The van der Waals surface area contributed by atoms with Gasteiger partial charge in [-0.3, -0.25) is 19.7 Å². The molecule has 0 saturated heterocycles. The zero-order chi connectivity index (χ0) is 19.8. The molecule has 0 heterocycles. The predicted molar refractivity (Wildman–Crippen MR) is 103 cm³/mol. The van der Waals surface area contributed by atoms with E-state index in [1.54, 1.807) is 43.4 Å². The number of hydrogen-bond acceptors (Lipinski definition) is 6. The highest BCUT2D eigenvalue weighted by atomic mass is 32.2. The van der Waals surface area contributed by atoms with Crippen molar-refractivity contribution in [3.63, 3.8) is 0 Å². The number of nitro groups is 1. The van der Waals surface area contributed by atoms with Crippen molar-refractivity contribution in [3.05, 3.63) is 58.6 Å². The Morgan fingerprint density at radius 1 is 1.22 bits per heavy atom. The average molecular weight is 389 g/mol. The van der Waals surface area contributed by atoms with Gasteiger partial charge < -0.3 is 15.0 Å². The van der Waals surface area contributed by atoms with Crippen LogP contribution in [0.15, 0.2) is 53.4 Å². The van der Waals surface area contributed by atoms with Crippen LogP contribution in [-0.2, 0) is 9.59 Å². The van der Waals surface area contributed by atoms with E-state index in [1.807, 2.05) is 0 Å². The van der Waals surface area contributed by atoms with Gasteiger partial charge in [0, 0.05) is 35.8 Å². The number of methoxy groups -OCH3 is 1. The van der Waals surface area contributed by atoms with Crippen LogP contribution in [-0.4, -0.2) is 48.1 Å². The molecule has 0 saturated carbocycles. The van der Waals surface area contributed by atoms with Gasteiger partial charge in [-0.05, 0) is 24.3 Å². The van der Waals surface area contributed by atoms with E-state index >= 15 is 0 Å². The summed E-state index contributed by atoms with van der Waals surface area (Å²) in [7, 11) is 3.08. The minimum atomic E-state index is -0.478. The van der Waals surface area contributed by atoms with Gasteiger partial charge in [0.25, 0.3) is 5.69 Å². The molecule has 0 aliphatic rings. The lowest BCUT2D eigenvalue weighted by Crippen LogP contribution is -2.35. The molecule has 8 nitrogen and oxygen atoms in total. The van der Waals surface area contributed by atoms with Crippen molar-refractivity contribution in [2.24, 2.45) is 0 Å². The molecule has 1 N–H and O–H groups in total. The highest BCUT2D eigenvalue weighted by molar-refractivity contribution is 8.00. The molecule has 0 aliphatic heterocycles. The van der Waals surface area contributed by atoms with Crippen LogP contribution in [0.1, 0.15) is 0 Å². The van der Waals surface area contributed by atoms with Crippen LogP contribution in [0.2, 0.25) is 0 Å². The summed E-state index contributed by atoms with van der Waals surface area (Å²) < 4.78 is 5.09. The van der Waals surface area contributed by atoms with E-state index in [-0.39, 0.29) is 29.8 Å². The molecule has 0 unspecified atom stereocenters. The summed E-state index contributed by atoms with van der Waals surface area (Å²) in [5.41, 5.74) is 0.581. The molecule has 9 heteroatoms. The number of likely N-dealkylation sites (N-methyl/N-ethyl adjacent to an activating group) is 1. The standard InChI is InChI=1S/C18H19N3O5S/c1-20(11-17(22)19-13-4-3-5-15(10-13)26-2)18(23)12-27-16-8-6-14(7-9-16)21(24)25/h3-10H,11-12H2,1-2H3,(H,19,22). The molecule has 142 valence electrons. The van der Waals surface area contributed by atoms with Crippen molar-refractivity contribution in [1.29, 1.82) is 0 Å². The van der Waals surface area contributed by atoms with Gasteiger partial charge in [-0.15, -0.1) is 11.8 Å². The summed E-state index contributed by atoms with van der Waals surface area (Å²) in [4.78, 5) is 36.5. The summed E-state index contributed by atoms with van der Waals surface area (Å²) in [5.74, 6) is 0.205. The quantitative estimate of drug-likeness (QED) is 0.423. The van der Waals surface area contributed by atoms with E-state index in [9.17, 15) is 19.7 Å². The molecule has 2 aromatic carbocycles. The molecular weight excluding hydrogens is 370 g/mol. The van der Waals surface area contributed by atoms with Gasteiger partial charge >= 0.3 is 0 Å². The van der Waals surface area contributed by atoms with Gasteiger partial charge in [-0.1, -0.05) is 6.07 Å². The number of nitrogens with zero attached hydrogens (tertiary/aromatic N) is 2. The molecule has 0 spiro atoms. The van der Waals surface area contributed by atoms with Crippen molar-refractivity contribution in [2.75, 3.05) is 31.8 Å². The van der Waals surface area contributed by atoms with Crippen LogP contribution >= 0.6 is 11.8 Å². The third-order valence-corrected chi connectivity index (χ3v) is 4.57. The summed E-state index contributed by atoms with van der Waals surface area (Å²) in [6, 6.07) is 12.9. The lowest BCUT2D eigenvalue weighted by Gasteiger charge is -2.16. The normalized spacial score (nSPS) is 10.1. The number of benzene rings is 2. The van der Waals surface area contributed by atoms with Crippen LogP contribution in [0, 0.1) is 10.1 Å². The van der Waals surface area contributed by atoms with Gasteiger partial charge in [0.15, 0.2) is 0 Å².